The van der Waals surface area contributed by atoms with Crippen LogP contribution >= 0.6 is 0 Å². The summed E-state index contributed by atoms with van der Waals surface area (Å²) in [4.78, 5) is 44.7. The zero-order valence-corrected chi connectivity index (χ0v) is 12.3. The van der Waals surface area contributed by atoms with Crippen molar-refractivity contribution in [3.63, 3.8) is 0 Å². The van der Waals surface area contributed by atoms with E-state index >= 15 is 0 Å². The third kappa shape index (κ3) is 7.25. The van der Waals surface area contributed by atoms with Gasteiger partial charge in [0.05, 0.1) is 6.54 Å². The molecule has 9 heteroatoms. The highest BCUT2D eigenvalue weighted by molar-refractivity contribution is 5.91. The van der Waals surface area contributed by atoms with Crippen molar-refractivity contribution in [3.8, 4) is 0 Å². The molecule has 0 spiro atoms. The summed E-state index contributed by atoms with van der Waals surface area (Å²) >= 11 is 0. The summed E-state index contributed by atoms with van der Waals surface area (Å²) in [7, 11) is 0. The number of carbonyl (C=O) groups excluding carboxylic acids is 4. The monoisotopic (exact) mass is 302 g/mol. The van der Waals surface area contributed by atoms with Crippen LogP contribution in [0.25, 0.3) is 0 Å². The minimum absolute atomic E-state index is 0.0503. The summed E-state index contributed by atoms with van der Waals surface area (Å²) in [6.07, 6.45) is 0.362. The lowest BCUT2D eigenvalue weighted by Gasteiger charge is -2.24. The highest BCUT2D eigenvalue weighted by atomic mass is 16.5. The fourth-order valence-corrected chi connectivity index (χ4v) is 1.56. The van der Waals surface area contributed by atoms with Crippen molar-refractivity contribution in [2.75, 3.05) is 6.54 Å². The highest BCUT2D eigenvalue weighted by Gasteiger charge is 2.27. The van der Waals surface area contributed by atoms with Gasteiger partial charge in [0.1, 0.15) is 12.1 Å². The summed E-state index contributed by atoms with van der Waals surface area (Å²) in [6, 6.07) is -2.03. The second-order valence-corrected chi connectivity index (χ2v) is 5.05. The quantitative estimate of drug-likeness (QED) is 0.229. The second-order valence-electron chi connectivity index (χ2n) is 5.05. The van der Waals surface area contributed by atoms with Crippen LogP contribution in [0.5, 0.6) is 0 Å². The van der Waals surface area contributed by atoms with Crippen LogP contribution in [0.4, 0.5) is 0 Å². The van der Waals surface area contributed by atoms with Crippen LogP contribution in [-0.2, 0) is 19.2 Å². The maximum absolute atomic E-state index is 12.0. The molecule has 0 saturated carbocycles. The van der Waals surface area contributed by atoms with E-state index in [1.165, 1.54) is 6.92 Å². The Kier molecular flexibility index (Phi) is 7.99. The van der Waals surface area contributed by atoms with Gasteiger partial charge in [-0.2, -0.15) is 0 Å². The maximum atomic E-state index is 12.0. The van der Waals surface area contributed by atoms with Gasteiger partial charge in [0.15, 0.2) is 0 Å². The van der Waals surface area contributed by atoms with E-state index in [2.05, 4.69) is 10.6 Å². The fraction of sp³-hybridized carbons (Fsp3) is 0.667. The van der Waals surface area contributed by atoms with Gasteiger partial charge in [-0.15, -0.1) is 0 Å². The zero-order valence-electron chi connectivity index (χ0n) is 12.3. The summed E-state index contributed by atoms with van der Waals surface area (Å²) in [5, 5.41) is 14.3. The van der Waals surface area contributed by atoms with Gasteiger partial charge >= 0.3 is 0 Å². The smallest absolute Gasteiger partial charge is 0.246 e. The molecule has 0 aromatic heterocycles. The zero-order chi connectivity index (χ0) is 16.6. The lowest BCUT2D eigenvalue weighted by atomic mass is 10.0. The Morgan fingerprint density at radius 3 is 2.24 bits per heavy atom. The average molecular weight is 302 g/mol. The molecule has 21 heavy (non-hydrogen) atoms. The first-order valence-electron chi connectivity index (χ1n) is 6.47. The van der Waals surface area contributed by atoms with E-state index < -0.39 is 29.8 Å². The molecule has 9 nitrogen and oxygen atoms in total. The van der Waals surface area contributed by atoms with E-state index in [9.17, 15) is 24.4 Å². The van der Waals surface area contributed by atoms with Crippen molar-refractivity contribution in [3.05, 3.63) is 0 Å². The van der Waals surface area contributed by atoms with Gasteiger partial charge < -0.3 is 16.4 Å². The normalized spacial score (nSPS) is 13.2. The number of primary amides is 1. The molecule has 0 aliphatic carbocycles. The number of amides is 4. The van der Waals surface area contributed by atoms with E-state index in [1.807, 2.05) is 13.8 Å². The number of hydrogen-bond acceptors (Lipinski definition) is 5. The molecular formula is C12H22N4O5. The SMILES string of the molecule is CC(C)CC(C(=O)N[C@@H](C)C(=O)NCC(N)=O)N(O)C=O. The van der Waals surface area contributed by atoms with E-state index in [-0.39, 0.29) is 30.4 Å². The summed E-state index contributed by atoms with van der Waals surface area (Å²) in [5.41, 5.74) is 4.88. The number of nitrogens with two attached hydrogens (primary N) is 1. The van der Waals surface area contributed by atoms with Crippen LogP contribution in [0.2, 0.25) is 0 Å². The Morgan fingerprint density at radius 2 is 1.81 bits per heavy atom. The first-order chi connectivity index (χ1) is 9.68. The number of nitrogens with one attached hydrogen (secondary N) is 2. The lowest BCUT2D eigenvalue weighted by Crippen LogP contribution is -2.52. The van der Waals surface area contributed by atoms with Crippen molar-refractivity contribution < 1.29 is 24.4 Å². The van der Waals surface area contributed by atoms with Gasteiger partial charge in [-0.05, 0) is 19.3 Å². The molecule has 0 saturated heterocycles. The Hall–Kier alpha value is -2.16. The van der Waals surface area contributed by atoms with Crippen molar-refractivity contribution in [1.82, 2.24) is 15.7 Å². The van der Waals surface area contributed by atoms with Crippen molar-refractivity contribution in [2.45, 2.75) is 39.3 Å². The third-order valence-electron chi connectivity index (χ3n) is 2.61. The molecule has 0 rings (SSSR count). The van der Waals surface area contributed by atoms with E-state index in [1.54, 1.807) is 0 Å². The standard InChI is InChI=1S/C12H22N4O5/c1-7(2)4-9(16(21)6-17)12(20)15-8(3)11(19)14-5-10(13)18/h6-9,21H,4-5H2,1-3H3,(H2,13,18)(H,14,19)(H,15,20)/t8-,9?/m0/s1. The first kappa shape index (κ1) is 18.8. The molecule has 0 aromatic rings. The van der Waals surface area contributed by atoms with Crippen LogP contribution < -0.4 is 16.4 Å². The third-order valence-corrected chi connectivity index (χ3v) is 2.61. The largest absolute Gasteiger partial charge is 0.368 e. The molecule has 0 fully saturated rings. The van der Waals surface area contributed by atoms with E-state index in [4.69, 9.17) is 5.73 Å². The van der Waals surface area contributed by atoms with Gasteiger partial charge in [0.25, 0.3) is 0 Å². The molecule has 0 heterocycles. The molecule has 5 N–H and O–H groups in total. The van der Waals surface area contributed by atoms with Crippen molar-refractivity contribution in [2.24, 2.45) is 11.7 Å². The van der Waals surface area contributed by atoms with Crippen molar-refractivity contribution in [1.29, 1.82) is 0 Å². The first-order valence-corrected chi connectivity index (χ1v) is 6.47. The van der Waals surface area contributed by atoms with Gasteiger partial charge in [-0.25, -0.2) is 5.06 Å². The molecule has 0 aromatic carbocycles. The van der Waals surface area contributed by atoms with Crippen LogP contribution in [0.15, 0.2) is 0 Å². The number of hydroxylamine groups is 2. The Labute approximate surface area is 122 Å². The predicted molar refractivity (Wildman–Crippen MR) is 72.7 cm³/mol. The lowest BCUT2D eigenvalue weighted by molar-refractivity contribution is -0.169. The second kappa shape index (κ2) is 8.90. The van der Waals surface area contributed by atoms with Gasteiger partial charge in [0.2, 0.25) is 24.1 Å². The fourth-order valence-electron chi connectivity index (χ4n) is 1.56. The van der Waals surface area contributed by atoms with Crippen LogP contribution in [0.3, 0.4) is 0 Å². The molecule has 0 radical (unpaired) electrons. The Morgan fingerprint density at radius 1 is 1.24 bits per heavy atom. The number of rotatable bonds is 9. The van der Waals surface area contributed by atoms with E-state index in [0.717, 1.165) is 0 Å². The Balaban J connectivity index is 4.62. The molecule has 4 amide bonds. The molecule has 0 aliphatic rings. The topological polar surface area (TPSA) is 142 Å². The number of carbonyl (C=O) groups is 4. The van der Waals surface area contributed by atoms with Gasteiger partial charge in [0, 0.05) is 0 Å². The highest BCUT2D eigenvalue weighted by Crippen LogP contribution is 2.09. The summed E-state index contributed by atoms with van der Waals surface area (Å²) < 4.78 is 0. The maximum Gasteiger partial charge on any atom is 0.246 e. The number of nitrogens with zero attached hydrogens (tertiary/aromatic N) is 1. The van der Waals surface area contributed by atoms with Crippen LogP contribution in [0.1, 0.15) is 27.2 Å². The molecular weight excluding hydrogens is 280 g/mol. The predicted octanol–water partition coefficient (Wildman–Crippen LogP) is -1.65. The molecule has 1 unspecified atom stereocenters. The summed E-state index contributed by atoms with van der Waals surface area (Å²) in [5.74, 6) is -1.92. The van der Waals surface area contributed by atoms with Gasteiger partial charge in [-0.1, -0.05) is 13.8 Å². The van der Waals surface area contributed by atoms with Gasteiger partial charge in [-0.3, -0.25) is 24.4 Å². The molecule has 2 atom stereocenters. The molecule has 120 valence electrons. The minimum Gasteiger partial charge on any atom is -0.368 e. The minimum atomic E-state index is -1.09. The molecule has 0 bridgehead atoms. The Bertz CT molecular complexity index is 399. The van der Waals surface area contributed by atoms with Crippen molar-refractivity contribution >= 4 is 24.1 Å². The van der Waals surface area contributed by atoms with Crippen LogP contribution in [0, 0.1) is 5.92 Å². The summed E-state index contributed by atoms with van der Waals surface area (Å²) in [6.45, 7) is 4.71. The average Bonchev–Trinajstić information content (AvgIpc) is 2.40. The van der Waals surface area contributed by atoms with Crippen LogP contribution in [-0.4, -0.2) is 53.0 Å². The number of hydrogen-bond donors (Lipinski definition) is 4. The molecule has 0 aliphatic heterocycles. The van der Waals surface area contributed by atoms with E-state index in [0.29, 0.717) is 0 Å².